The lowest BCUT2D eigenvalue weighted by molar-refractivity contribution is 0.0694. The van der Waals surface area contributed by atoms with Gasteiger partial charge in [-0.25, -0.2) is 4.79 Å². The summed E-state index contributed by atoms with van der Waals surface area (Å²) in [6, 6.07) is 3.80. The predicted molar refractivity (Wildman–Crippen MR) is 97.2 cm³/mol. The third-order valence-corrected chi connectivity index (χ3v) is 3.99. The SMILES string of the molecule is CC(C)C(CO)Nc1nc(Nc2ccc(O)c(C(=O)O)c2)c2n[nH]nc2n1. The Morgan fingerprint density at radius 2 is 2.04 bits per heavy atom. The molecule has 11 nitrogen and oxygen atoms in total. The number of H-pyrrole nitrogens is 1. The first kappa shape index (κ1) is 18.3. The van der Waals surface area contributed by atoms with E-state index >= 15 is 0 Å². The first-order valence-corrected chi connectivity index (χ1v) is 8.18. The number of nitrogens with one attached hydrogen (secondary N) is 3. The molecule has 2 heterocycles. The zero-order chi connectivity index (χ0) is 19.6. The van der Waals surface area contributed by atoms with E-state index in [0.717, 1.165) is 0 Å². The lowest BCUT2D eigenvalue weighted by Gasteiger charge is -2.20. The number of anilines is 3. The molecule has 1 unspecified atom stereocenters. The number of aromatic carboxylic acids is 1. The highest BCUT2D eigenvalue weighted by molar-refractivity contribution is 5.93. The molecule has 6 N–H and O–H groups in total. The standard InChI is InChI=1S/C16H19N7O4/c1-7(2)10(6-24)18-16-19-13(12-14(20-16)22-23-21-12)17-8-3-4-11(25)9(5-8)15(26)27/h3-5,7,10,24-25H,6H2,1-2H3,(H,26,27)(H3,17,18,19,20,21,22,23). The summed E-state index contributed by atoms with van der Waals surface area (Å²) in [6.07, 6.45) is 0. The van der Waals surface area contributed by atoms with Crippen LogP contribution in [-0.4, -0.2) is 59.3 Å². The van der Waals surface area contributed by atoms with Crippen molar-refractivity contribution in [3.05, 3.63) is 23.8 Å². The van der Waals surface area contributed by atoms with Gasteiger partial charge < -0.3 is 26.0 Å². The number of hydrogen-bond acceptors (Lipinski definition) is 9. The van der Waals surface area contributed by atoms with Crippen LogP contribution in [0.15, 0.2) is 18.2 Å². The molecule has 0 spiro atoms. The number of rotatable bonds is 7. The number of carboxylic acid groups (broad SMARTS) is 1. The average Bonchev–Trinajstić information content (AvgIpc) is 3.09. The fraction of sp³-hybridized carbons (Fsp3) is 0.312. The van der Waals surface area contributed by atoms with Crippen molar-refractivity contribution in [1.82, 2.24) is 25.4 Å². The molecule has 11 heteroatoms. The maximum atomic E-state index is 11.2. The Labute approximate surface area is 153 Å². The van der Waals surface area contributed by atoms with E-state index in [9.17, 15) is 15.0 Å². The Bertz CT molecular complexity index is 973. The summed E-state index contributed by atoms with van der Waals surface area (Å²) in [7, 11) is 0. The molecule has 0 aliphatic rings. The predicted octanol–water partition coefficient (Wildman–Crippen LogP) is 1.32. The van der Waals surface area contributed by atoms with Crippen molar-refractivity contribution in [2.24, 2.45) is 5.92 Å². The number of nitrogens with zero attached hydrogens (tertiary/aromatic N) is 4. The molecule has 0 bridgehead atoms. The number of hydrogen-bond donors (Lipinski definition) is 6. The van der Waals surface area contributed by atoms with Gasteiger partial charge in [0, 0.05) is 5.69 Å². The number of carbonyl (C=O) groups is 1. The van der Waals surface area contributed by atoms with Crippen LogP contribution in [0, 0.1) is 5.92 Å². The maximum absolute atomic E-state index is 11.2. The van der Waals surface area contributed by atoms with Crippen LogP contribution in [0.5, 0.6) is 5.75 Å². The lowest BCUT2D eigenvalue weighted by Crippen LogP contribution is -2.30. The largest absolute Gasteiger partial charge is 0.507 e. The number of aromatic amines is 1. The Morgan fingerprint density at radius 3 is 2.70 bits per heavy atom. The number of phenols is 1. The molecule has 0 saturated heterocycles. The van der Waals surface area contributed by atoms with Gasteiger partial charge in [-0.05, 0) is 24.1 Å². The van der Waals surface area contributed by atoms with Crippen LogP contribution in [0.2, 0.25) is 0 Å². The average molecular weight is 373 g/mol. The molecule has 1 aromatic carbocycles. The van der Waals surface area contributed by atoms with E-state index in [1.54, 1.807) is 0 Å². The molecule has 0 amide bonds. The van der Waals surface area contributed by atoms with E-state index in [-0.39, 0.29) is 35.8 Å². The Kier molecular flexibility index (Phi) is 5.03. The van der Waals surface area contributed by atoms with Crippen LogP contribution >= 0.6 is 0 Å². The van der Waals surface area contributed by atoms with Crippen LogP contribution in [0.4, 0.5) is 17.5 Å². The number of carboxylic acids is 1. The van der Waals surface area contributed by atoms with Crippen LogP contribution in [-0.2, 0) is 0 Å². The summed E-state index contributed by atoms with van der Waals surface area (Å²) < 4.78 is 0. The van der Waals surface area contributed by atoms with Gasteiger partial charge in [0.05, 0.1) is 12.6 Å². The van der Waals surface area contributed by atoms with Gasteiger partial charge >= 0.3 is 5.97 Å². The van der Waals surface area contributed by atoms with Crippen molar-refractivity contribution >= 4 is 34.6 Å². The molecule has 0 radical (unpaired) electrons. The fourth-order valence-electron chi connectivity index (χ4n) is 2.41. The molecular formula is C16H19N7O4. The van der Waals surface area contributed by atoms with Gasteiger partial charge in [0.25, 0.3) is 0 Å². The van der Waals surface area contributed by atoms with E-state index in [2.05, 4.69) is 36.0 Å². The number of benzene rings is 1. The van der Waals surface area contributed by atoms with Gasteiger partial charge in [0.2, 0.25) is 11.6 Å². The molecular weight excluding hydrogens is 354 g/mol. The van der Waals surface area contributed by atoms with Crippen molar-refractivity contribution in [1.29, 1.82) is 0 Å². The molecule has 0 aliphatic carbocycles. The minimum Gasteiger partial charge on any atom is -0.507 e. The van der Waals surface area contributed by atoms with Gasteiger partial charge in [0.1, 0.15) is 11.3 Å². The first-order chi connectivity index (χ1) is 12.9. The maximum Gasteiger partial charge on any atom is 0.339 e. The quantitative estimate of drug-likeness (QED) is 0.332. The van der Waals surface area contributed by atoms with Gasteiger partial charge in [-0.1, -0.05) is 13.8 Å². The van der Waals surface area contributed by atoms with Crippen molar-refractivity contribution < 1.29 is 20.1 Å². The summed E-state index contributed by atoms with van der Waals surface area (Å²) >= 11 is 0. The van der Waals surface area contributed by atoms with E-state index in [0.29, 0.717) is 22.7 Å². The molecule has 0 fully saturated rings. The third kappa shape index (κ3) is 3.87. The minimum atomic E-state index is -1.25. The fourth-order valence-corrected chi connectivity index (χ4v) is 2.41. The summed E-state index contributed by atoms with van der Waals surface area (Å²) in [6.45, 7) is 3.80. The number of aliphatic hydroxyl groups excluding tert-OH is 1. The van der Waals surface area contributed by atoms with Crippen molar-refractivity contribution in [3.63, 3.8) is 0 Å². The topological polar surface area (TPSA) is 169 Å². The highest BCUT2D eigenvalue weighted by atomic mass is 16.4. The molecule has 1 atom stereocenters. The summed E-state index contributed by atoms with van der Waals surface area (Å²) in [5.74, 6) is -0.927. The van der Waals surface area contributed by atoms with Gasteiger partial charge in [-0.3, -0.25) is 0 Å². The molecule has 0 saturated carbocycles. The van der Waals surface area contributed by atoms with Crippen molar-refractivity contribution in [3.8, 4) is 5.75 Å². The Morgan fingerprint density at radius 1 is 1.26 bits per heavy atom. The van der Waals surface area contributed by atoms with Crippen LogP contribution in [0.25, 0.3) is 11.2 Å². The number of aliphatic hydroxyl groups is 1. The summed E-state index contributed by atoms with van der Waals surface area (Å²) in [5.41, 5.74) is 0.800. The Hall–Kier alpha value is -3.47. The number of fused-ring (bicyclic) bond motifs is 1. The van der Waals surface area contributed by atoms with E-state index in [1.165, 1.54) is 18.2 Å². The van der Waals surface area contributed by atoms with Crippen LogP contribution < -0.4 is 10.6 Å². The first-order valence-electron chi connectivity index (χ1n) is 8.18. The smallest absolute Gasteiger partial charge is 0.339 e. The van der Waals surface area contributed by atoms with Gasteiger partial charge in [-0.15, -0.1) is 5.10 Å². The minimum absolute atomic E-state index is 0.0967. The molecule has 0 aliphatic heterocycles. The second-order valence-corrected chi connectivity index (χ2v) is 6.23. The normalized spacial score (nSPS) is 12.3. The number of aromatic hydroxyl groups is 1. The molecule has 27 heavy (non-hydrogen) atoms. The van der Waals surface area contributed by atoms with Crippen LogP contribution in [0.3, 0.4) is 0 Å². The zero-order valence-electron chi connectivity index (χ0n) is 14.6. The van der Waals surface area contributed by atoms with E-state index in [4.69, 9.17) is 5.11 Å². The second-order valence-electron chi connectivity index (χ2n) is 6.23. The molecule has 2 aromatic heterocycles. The van der Waals surface area contributed by atoms with E-state index in [1.807, 2.05) is 13.8 Å². The molecule has 142 valence electrons. The van der Waals surface area contributed by atoms with Gasteiger partial charge in [-0.2, -0.15) is 20.3 Å². The molecule has 3 rings (SSSR count). The van der Waals surface area contributed by atoms with Crippen molar-refractivity contribution in [2.75, 3.05) is 17.2 Å². The monoisotopic (exact) mass is 373 g/mol. The van der Waals surface area contributed by atoms with Crippen molar-refractivity contribution in [2.45, 2.75) is 19.9 Å². The third-order valence-electron chi connectivity index (χ3n) is 3.99. The van der Waals surface area contributed by atoms with E-state index < -0.39 is 5.97 Å². The number of aromatic nitrogens is 5. The highest BCUT2D eigenvalue weighted by Crippen LogP contribution is 2.26. The zero-order valence-corrected chi connectivity index (χ0v) is 14.6. The summed E-state index contributed by atoms with van der Waals surface area (Å²) in [4.78, 5) is 19.8. The van der Waals surface area contributed by atoms with Crippen LogP contribution in [0.1, 0.15) is 24.2 Å². The Balaban J connectivity index is 1.97. The highest BCUT2D eigenvalue weighted by Gasteiger charge is 2.18. The summed E-state index contributed by atoms with van der Waals surface area (Å²) in [5, 5.41) is 44.7. The second kappa shape index (κ2) is 7.41. The lowest BCUT2D eigenvalue weighted by atomic mass is 10.1. The molecule has 3 aromatic rings. The van der Waals surface area contributed by atoms with Gasteiger partial charge in [0.15, 0.2) is 11.3 Å².